The molecule has 5 heteroatoms. The lowest BCUT2D eigenvalue weighted by Gasteiger charge is -2.10. The van der Waals surface area contributed by atoms with Gasteiger partial charge in [0.2, 0.25) is 5.91 Å². The molecule has 0 fully saturated rings. The summed E-state index contributed by atoms with van der Waals surface area (Å²) < 4.78 is 2.08. The van der Waals surface area contributed by atoms with Crippen molar-refractivity contribution in [2.45, 2.75) is 39.2 Å². The van der Waals surface area contributed by atoms with Crippen LogP contribution in [0, 0.1) is 0 Å². The van der Waals surface area contributed by atoms with Gasteiger partial charge in [-0.2, -0.15) is 0 Å². The van der Waals surface area contributed by atoms with E-state index < -0.39 is 0 Å². The van der Waals surface area contributed by atoms with Gasteiger partial charge in [-0.3, -0.25) is 4.79 Å². The smallest absolute Gasteiger partial charge is 0.220 e. The Kier molecular flexibility index (Phi) is 6.05. The van der Waals surface area contributed by atoms with Gasteiger partial charge in [0.25, 0.3) is 0 Å². The summed E-state index contributed by atoms with van der Waals surface area (Å²) in [5, 5.41) is 2.88. The maximum atomic E-state index is 11.4. The molecule has 4 nitrogen and oxygen atoms in total. The van der Waals surface area contributed by atoms with E-state index in [4.69, 9.17) is 11.6 Å². The minimum absolute atomic E-state index is 0.0665. The Bertz CT molecular complexity index is 349. The first-order chi connectivity index (χ1) is 8.15. The maximum absolute atomic E-state index is 11.4. The molecule has 0 aromatic carbocycles. The average molecular weight is 258 g/mol. The monoisotopic (exact) mass is 257 g/mol. The van der Waals surface area contributed by atoms with Gasteiger partial charge in [-0.1, -0.05) is 13.8 Å². The first-order valence-electron chi connectivity index (χ1n) is 5.99. The molecule has 1 amide bonds. The number of rotatable bonds is 7. The highest BCUT2D eigenvalue weighted by atomic mass is 35.5. The summed E-state index contributed by atoms with van der Waals surface area (Å²) in [6.07, 6.45) is 4.98. The molecule has 0 saturated carbocycles. The third-order valence-electron chi connectivity index (χ3n) is 2.48. The highest BCUT2D eigenvalue weighted by Gasteiger charge is 2.07. The van der Waals surface area contributed by atoms with Gasteiger partial charge in [-0.25, -0.2) is 4.98 Å². The highest BCUT2D eigenvalue weighted by Crippen LogP contribution is 2.10. The summed E-state index contributed by atoms with van der Waals surface area (Å²) in [5.74, 6) is 2.06. The number of carbonyl (C=O) groups excluding carboxylic acids is 1. The highest BCUT2D eigenvalue weighted by molar-refractivity contribution is 6.17. The number of carbonyl (C=O) groups is 1. The van der Waals surface area contributed by atoms with Crippen molar-refractivity contribution in [2.75, 3.05) is 12.4 Å². The number of hydrogen-bond donors (Lipinski definition) is 1. The van der Waals surface area contributed by atoms with Gasteiger partial charge in [0.1, 0.15) is 5.82 Å². The van der Waals surface area contributed by atoms with Crippen molar-refractivity contribution in [3.8, 4) is 0 Å². The van der Waals surface area contributed by atoms with E-state index >= 15 is 0 Å². The third-order valence-corrected chi connectivity index (χ3v) is 2.74. The van der Waals surface area contributed by atoms with Crippen LogP contribution in [0.1, 0.15) is 38.4 Å². The van der Waals surface area contributed by atoms with Gasteiger partial charge >= 0.3 is 0 Å². The zero-order valence-corrected chi connectivity index (χ0v) is 11.2. The molecule has 1 rings (SSSR count). The second-order valence-electron chi connectivity index (χ2n) is 4.28. The molecule has 0 atom stereocenters. The quantitative estimate of drug-likeness (QED) is 0.761. The van der Waals surface area contributed by atoms with Crippen molar-refractivity contribution < 1.29 is 4.79 Å². The Morgan fingerprint density at radius 2 is 2.35 bits per heavy atom. The Labute approximate surface area is 107 Å². The third kappa shape index (κ3) is 4.77. The molecule has 0 aliphatic heterocycles. The lowest BCUT2D eigenvalue weighted by molar-refractivity contribution is -0.121. The van der Waals surface area contributed by atoms with E-state index in [0.29, 0.717) is 24.8 Å². The summed E-state index contributed by atoms with van der Waals surface area (Å²) in [6, 6.07) is 0. The van der Waals surface area contributed by atoms with Crippen molar-refractivity contribution in [1.82, 2.24) is 14.9 Å². The van der Waals surface area contributed by atoms with Crippen LogP contribution in [0.25, 0.3) is 0 Å². The van der Waals surface area contributed by atoms with Crippen molar-refractivity contribution in [3.63, 3.8) is 0 Å². The molecule has 0 spiro atoms. The van der Waals surface area contributed by atoms with Gasteiger partial charge in [-0.05, 0) is 6.42 Å². The Hall–Kier alpha value is -1.03. The predicted molar refractivity (Wildman–Crippen MR) is 69.3 cm³/mol. The van der Waals surface area contributed by atoms with Crippen LogP contribution in [0.3, 0.4) is 0 Å². The van der Waals surface area contributed by atoms with E-state index in [9.17, 15) is 4.79 Å². The van der Waals surface area contributed by atoms with E-state index in [1.165, 1.54) is 0 Å². The minimum atomic E-state index is 0.0665. The number of nitrogens with zero attached hydrogens (tertiary/aromatic N) is 2. The standard InChI is InChI=1S/C12H20ClN3O/c1-10(2)12-15-7-9-16(12)8-6-14-11(17)4-3-5-13/h7,9-10H,3-6,8H2,1-2H3,(H,14,17). The zero-order valence-electron chi connectivity index (χ0n) is 10.4. The molecule has 0 unspecified atom stereocenters. The molecule has 0 saturated heterocycles. The molecule has 17 heavy (non-hydrogen) atoms. The van der Waals surface area contributed by atoms with Gasteiger partial charge in [-0.15, -0.1) is 11.6 Å². The van der Waals surface area contributed by atoms with Gasteiger partial charge in [0.15, 0.2) is 0 Å². The summed E-state index contributed by atoms with van der Waals surface area (Å²) >= 11 is 5.52. The Balaban J connectivity index is 2.30. The predicted octanol–water partition coefficient (Wildman–Crippen LogP) is 2.14. The Morgan fingerprint density at radius 1 is 1.59 bits per heavy atom. The molecular weight excluding hydrogens is 238 g/mol. The molecule has 1 N–H and O–H groups in total. The Morgan fingerprint density at radius 3 is 3.00 bits per heavy atom. The zero-order chi connectivity index (χ0) is 12.7. The van der Waals surface area contributed by atoms with E-state index in [2.05, 4.69) is 28.7 Å². The van der Waals surface area contributed by atoms with Crippen LogP contribution in [0.5, 0.6) is 0 Å². The molecule has 1 aromatic heterocycles. The number of nitrogens with one attached hydrogen (secondary N) is 1. The molecule has 0 aliphatic rings. The van der Waals surface area contributed by atoms with Crippen LogP contribution in [0.15, 0.2) is 12.4 Å². The van der Waals surface area contributed by atoms with Crippen molar-refractivity contribution in [1.29, 1.82) is 0 Å². The fraction of sp³-hybridized carbons (Fsp3) is 0.667. The lowest BCUT2D eigenvalue weighted by atomic mass is 10.2. The topological polar surface area (TPSA) is 46.9 Å². The van der Waals surface area contributed by atoms with Crippen molar-refractivity contribution in [2.24, 2.45) is 0 Å². The molecular formula is C12H20ClN3O. The van der Waals surface area contributed by atoms with Crippen LogP contribution in [0.4, 0.5) is 0 Å². The van der Waals surface area contributed by atoms with Gasteiger partial charge in [0.05, 0.1) is 0 Å². The fourth-order valence-electron chi connectivity index (χ4n) is 1.64. The number of imidazole rings is 1. The van der Waals surface area contributed by atoms with Crippen LogP contribution >= 0.6 is 11.6 Å². The van der Waals surface area contributed by atoms with E-state index in [0.717, 1.165) is 18.8 Å². The second kappa shape index (κ2) is 7.33. The van der Waals surface area contributed by atoms with E-state index in [1.807, 2.05) is 6.20 Å². The largest absolute Gasteiger partial charge is 0.354 e. The number of alkyl halides is 1. The molecule has 0 radical (unpaired) electrons. The van der Waals surface area contributed by atoms with Gasteiger partial charge in [0, 0.05) is 43.7 Å². The summed E-state index contributed by atoms with van der Waals surface area (Å²) in [6.45, 7) is 5.62. The van der Waals surface area contributed by atoms with Gasteiger partial charge < -0.3 is 9.88 Å². The summed E-state index contributed by atoms with van der Waals surface area (Å²) in [5.41, 5.74) is 0. The molecule has 1 aromatic rings. The lowest BCUT2D eigenvalue weighted by Crippen LogP contribution is -2.27. The molecule has 1 heterocycles. The summed E-state index contributed by atoms with van der Waals surface area (Å²) in [4.78, 5) is 15.7. The van der Waals surface area contributed by atoms with Crippen LogP contribution in [-0.2, 0) is 11.3 Å². The number of halogens is 1. The molecule has 0 aliphatic carbocycles. The molecule has 0 bridgehead atoms. The van der Waals surface area contributed by atoms with Crippen molar-refractivity contribution in [3.05, 3.63) is 18.2 Å². The maximum Gasteiger partial charge on any atom is 0.220 e. The van der Waals surface area contributed by atoms with Crippen LogP contribution in [0.2, 0.25) is 0 Å². The first-order valence-corrected chi connectivity index (χ1v) is 6.52. The number of amides is 1. The SMILES string of the molecule is CC(C)c1nccn1CCNC(=O)CCCCl. The van der Waals surface area contributed by atoms with Crippen LogP contribution in [-0.4, -0.2) is 27.9 Å². The first kappa shape index (κ1) is 14.0. The van der Waals surface area contributed by atoms with E-state index in [-0.39, 0.29) is 5.91 Å². The van der Waals surface area contributed by atoms with Crippen LogP contribution < -0.4 is 5.32 Å². The number of aromatic nitrogens is 2. The minimum Gasteiger partial charge on any atom is -0.354 e. The number of hydrogen-bond acceptors (Lipinski definition) is 2. The van der Waals surface area contributed by atoms with E-state index in [1.54, 1.807) is 6.20 Å². The molecule has 96 valence electrons. The fourth-order valence-corrected chi connectivity index (χ4v) is 1.78. The summed E-state index contributed by atoms with van der Waals surface area (Å²) in [7, 11) is 0. The second-order valence-corrected chi connectivity index (χ2v) is 4.65. The normalized spacial score (nSPS) is 10.8. The average Bonchev–Trinajstić information content (AvgIpc) is 2.74. The van der Waals surface area contributed by atoms with Crippen molar-refractivity contribution >= 4 is 17.5 Å².